The van der Waals surface area contributed by atoms with E-state index in [4.69, 9.17) is 0 Å². The molecule has 4 atom stereocenters. The van der Waals surface area contributed by atoms with Crippen LogP contribution < -0.4 is 0 Å². The molecule has 2 saturated heterocycles. The number of nitrogens with zero attached hydrogens (tertiary/aromatic N) is 1. The molecule has 114 valence electrons. The van der Waals surface area contributed by atoms with E-state index < -0.39 is 11.8 Å². The van der Waals surface area contributed by atoms with Crippen molar-refractivity contribution < 1.29 is 19.4 Å². The highest BCUT2D eigenvalue weighted by Crippen LogP contribution is 2.40. The fourth-order valence-corrected chi connectivity index (χ4v) is 3.86. The molecule has 2 fully saturated rings. The van der Waals surface area contributed by atoms with E-state index >= 15 is 0 Å². The number of hydrogen-bond acceptors (Lipinski definition) is 3. The van der Waals surface area contributed by atoms with Crippen LogP contribution in [0, 0.1) is 11.7 Å². The lowest BCUT2D eigenvalue weighted by Gasteiger charge is -2.41. The van der Waals surface area contributed by atoms with Crippen molar-refractivity contribution in [2.75, 3.05) is 0 Å². The van der Waals surface area contributed by atoms with Crippen LogP contribution in [-0.4, -0.2) is 39.3 Å². The molecule has 0 aliphatic carbocycles. The standard InChI is InChI=1S/C16H20FNO3/c1-9-14-5-4-12(7-15(9)19)18(14)8-10-2-3-11(17)6-13(10)16(20)21/h2-3,6,9,12,14-15,19H,4-5,7-8H2,1H3,(H,20,21). The van der Waals surface area contributed by atoms with E-state index in [-0.39, 0.29) is 23.6 Å². The number of aliphatic hydroxyl groups excluding tert-OH is 1. The molecule has 0 spiro atoms. The van der Waals surface area contributed by atoms with Crippen molar-refractivity contribution in [2.45, 2.75) is 50.9 Å². The maximum atomic E-state index is 13.3. The van der Waals surface area contributed by atoms with Crippen LogP contribution in [0.3, 0.4) is 0 Å². The largest absolute Gasteiger partial charge is 0.478 e. The zero-order chi connectivity index (χ0) is 15.1. The molecule has 1 aromatic rings. The van der Waals surface area contributed by atoms with Crippen molar-refractivity contribution in [3.63, 3.8) is 0 Å². The number of rotatable bonds is 3. The minimum atomic E-state index is -1.10. The van der Waals surface area contributed by atoms with Gasteiger partial charge >= 0.3 is 5.97 Å². The van der Waals surface area contributed by atoms with Crippen molar-refractivity contribution >= 4 is 5.97 Å². The van der Waals surface area contributed by atoms with E-state index in [9.17, 15) is 19.4 Å². The van der Waals surface area contributed by atoms with Crippen LogP contribution in [0.1, 0.15) is 42.1 Å². The second-order valence-corrected chi connectivity index (χ2v) is 6.24. The van der Waals surface area contributed by atoms with Crippen LogP contribution in [0.4, 0.5) is 4.39 Å². The lowest BCUT2D eigenvalue weighted by atomic mass is 9.88. The Morgan fingerprint density at radius 2 is 2.19 bits per heavy atom. The molecular formula is C16H20FNO3. The first kappa shape index (κ1) is 14.5. The summed E-state index contributed by atoms with van der Waals surface area (Å²) < 4.78 is 13.3. The highest BCUT2D eigenvalue weighted by Gasteiger charge is 2.44. The Labute approximate surface area is 123 Å². The Morgan fingerprint density at radius 3 is 2.90 bits per heavy atom. The molecular weight excluding hydrogens is 273 g/mol. The number of aromatic carboxylic acids is 1. The molecule has 4 nitrogen and oxygen atoms in total. The number of fused-ring (bicyclic) bond motifs is 2. The topological polar surface area (TPSA) is 60.8 Å². The first-order chi connectivity index (χ1) is 9.97. The summed E-state index contributed by atoms with van der Waals surface area (Å²) in [6.07, 6.45) is 2.54. The van der Waals surface area contributed by atoms with E-state index in [1.807, 2.05) is 6.92 Å². The Bertz CT molecular complexity index is 562. The molecule has 2 N–H and O–H groups in total. The number of piperidine rings is 1. The summed E-state index contributed by atoms with van der Waals surface area (Å²) >= 11 is 0. The van der Waals surface area contributed by atoms with Crippen LogP contribution in [0.25, 0.3) is 0 Å². The lowest BCUT2D eigenvalue weighted by Crippen LogP contribution is -2.49. The zero-order valence-electron chi connectivity index (χ0n) is 12.0. The maximum absolute atomic E-state index is 13.3. The number of aliphatic hydroxyl groups is 1. The third-order valence-electron chi connectivity index (χ3n) is 5.07. The maximum Gasteiger partial charge on any atom is 0.336 e. The summed E-state index contributed by atoms with van der Waals surface area (Å²) in [5.74, 6) is -1.43. The molecule has 2 bridgehead atoms. The van der Waals surface area contributed by atoms with Crippen molar-refractivity contribution in [1.82, 2.24) is 4.90 Å². The van der Waals surface area contributed by atoms with Gasteiger partial charge in [-0.2, -0.15) is 0 Å². The van der Waals surface area contributed by atoms with Crippen LogP contribution in [0.2, 0.25) is 0 Å². The quantitative estimate of drug-likeness (QED) is 0.897. The third-order valence-corrected chi connectivity index (χ3v) is 5.07. The number of carboxylic acid groups (broad SMARTS) is 1. The molecule has 5 heteroatoms. The molecule has 2 aliphatic rings. The second-order valence-electron chi connectivity index (χ2n) is 6.24. The zero-order valence-corrected chi connectivity index (χ0v) is 12.0. The highest BCUT2D eigenvalue weighted by molar-refractivity contribution is 5.89. The Balaban J connectivity index is 1.86. The third kappa shape index (κ3) is 2.56. The summed E-state index contributed by atoms with van der Waals surface area (Å²) in [6, 6.07) is 4.54. The average molecular weight is 293 g/mol. The Kier molecular flexibility index (Phi) is 3.71. The Morgan fingerprint density at radius 1 is 1.43 bits per heavy atom. The van der Waals surface area contributed by atoms with Gasteiger partial charge in [0.05, 0.1) is 11.7 Å². The number of hydrogen-bond donors (Lipinski definition) is 2. The Hall–Kier alpha value is -1.46. The molecule has 0 amide bonds. The lowest BCUT2D eigenvalue weighted by molar-refractivity contribution is -0.0149. The van der Waals surface area contributed by atoms with E-state index in [0.717, 1.165) is 25.3 Å². The fourth-order valence-electron chi connectivity index (χ4n) is 3.86. The molecule has 0 radical (unpaired) electrons. The van der Waals surface area contributed by atoms with Gasteiger partial charge < -0.3 is 10.2 Å². The summed E-state index contributed by atoms with van der Waals surface area (Å²) in [7, 11) is 0. The van der Waals surface area contributed by atoms with Gasteiger partial charge in [0, 0.05) is 18.6 Å². The van der Waals surface area contributed by atoms with Crippen molar-refractivity contribution in [1.29, 1.82) is 0 Å². The van der Waals surface area contributed by atoms with Crippen LogP contribution in [-0.2, 0) is 6.54 Å². The SMILES string of the molecule is CC1C(O)CC2CCC1N2Cc1ccc(F)cc1C(=O)O. The molecule has 2 aliphatic heterocycles. The van der Waals surface area contributed by atoms with Gasteiger partial charge in [-0.15, -0.1) is 0 Å². The minimum absolute atomic E-state index is 0.0353. The molecule has 4 unspecified atom stereocenters. The van der Waals surface area contributed by atoms with Gasteiger partial charge in [0.2, 0.25) is 0 Å². The van der Waals surface area contributed by atoms with Crippen LogP contribution in [0.5, 0.6) is 0 Å². The number of benzene rings is 1. The summed E-state index contributed by atoms with van der Waals surface area (Å²) in [5.41, 5.74) is 0.678. The van der Waals surface area contributed by atoms with E-state index in [0.29, 0.717) is 18.2 Å². The van der Waals surface area contributed by atoms with Gasteiger partial charge in [-0.1, -0.05) is 13.0 Å². The molecule has 2 heterocycles. The smallest absolute Gasteiger partial charge is 0.336 e. The van der Waals surface area contributed by atoms with Gasteiger partial charge in [0.25, 0.3) is 0 Å². The summed E-state index contributed by atoms with van der Waals surface area (Å²) in [6.45, 7) is 2.56. The average Bonchev–Trinajstić information content (AvgIpc) is 2.75. The van der Waals surface area contributed by atoms with Gasteiger partial charge in [-0.3, -0.25) is 4.90 Å². The first-order valence-electron chi connectivity index (χ1n) is 7.43. The van der Waals surface area contributed by atoms with Crippen molar-refractivity contribution in [3.8, 4) is 0 Å². The second kappa shape index (κ2) is 5.39. The summed E-state index contributed by atoms with van der Waals surface area (Å²) in [4.78, 5) is 13.6. The highest BCUT2D eigenvalue weighted by atomic mass is 19.1. The van der Waals surface area contributed by atoms with Crippen molar-refractivity contribution in [3.05, 3.63) is 35.1 Å². The van der Waals surface area contributed by atoms with Gasteiger partial charge in [-0.25, -0.2) is 9.18 Å². The number of halogens is 1. The predicted octanol–water partition coefficient (Wildman–Crippen LogP) is 2.26. The molecule has 0 aromatic heterocycles. The van der Waals surface area contributed by atoms with Crippen LogP contribution in [0.15, 0.2) is 18.2 Å². The monoisotopic (exact) mass is 293 g/mol. The van der Waals surface area contributed by atoms with Crippen LogP contribution >= 0.6 is 0 Å². The van der Waals surface area contributed by atoms with Gasteiger partial charge in [0.1, 0.15) is 5.82 Å². The van der Waals surface area contributed by atoms with E-state index in [2.05, 4.69) is 4.90 Å². The van der Waals surface area contributed by atoms with Gasteiger partial charge in [-0.05, 0) is 42.9 Å². The fraction of sp³-hybridized carbons (Fsp3) is 0.562. The molecule has 1 aromatic carbocycles. The van der Waals surface area contributed by atoms with Gasteiger partial charge in [0.15, 0.2) is 0 Å². The first-order valence-corrected chi connectivity index (χ1v) is 7.43. The molecule has 0 saturated carbocycles. The molecule has 3 rings (SSSR count). The van der Waals surface area contributed by atoms with E-state index in [1.165, 1.54) is 6.07 Å². The number of carboxylic acids is 1. The number of carbonyl (C=O) groups is 1. The molecule has 21 heavy (non-hydrogen) atoms. The van der Waals surface area contributed by atoms with E-state index in [1.54, 1.807) is 6.07 Å². The predicted molar refractivity (Wildman–Crippen MR) is 75.5 cm³/mol. The minimum Gasteiger partial charge on any atom is -0.478 e. The summed E-state index contributed by atoms with van der Waals surface area (Å²) in [5, 5.41) is 19.3. The van der Waals surface area contributed by atoms with Crippen molar-refractivity contribution in [2.24, 2.45) is 5.92 Å². The normalized spacial score (nSPS) is 32.3.